The molecule has 2 heterocycles. The summed E-state index contributed by atoms with van der Waals surface area (Å²) in [5, 5.41) is 4.97. The maximum atomic E-state index is 12.1. The van der Waals surface area contributed by atoms with Crippen LogP contribution in [0.5, 0.6) is 0 Å². The van der Waals surface area contributed by atoms with Crippen LogP contribution in [-0.4, -0.2) is 15.0 Å². The van der Waals surface area contributed by atoms with Gasteiger partial charge in [0.05, 0.1) is 6.54 Å². The molecule has 104 valence electrons. The zero-order chi connectivity index (χ0) is 13.7. The van der Waals surface area contributed by atoms with Gasteiger partial charge in [-0.2, -0.15) is 0 Å². The second kappa shape index (κ2) is 6.36. The van der Waals surface area contributed by atoms with E-state index in [9.17, 15) is 8.42 Å². The number of hydrogen-bond donors (Lipinski definition) is 1. The summed E-state index contributed by atoms with van der Waals surface area (Å²) in [6, 6.07) is 6.91. The standard InChI is InChI=1S/C13H17NO3S2/c1-2-7-14-9-11-5-6-12(17-11)10-19(15,16)13-4-3-8-18-13/h3-6,8,14H,2,7,9-10H2,1H3. The zero-order valence-corrected chi connectivity index (χ0v) is 12.4. The van der Waals surface area contributed by atoms with Crippen molar-refractivity contribution in [3.05, 3.63) is 41.2 Å². The summed E-state index contributed by atoms with van der Waals surface area (Å²) in [6.45, 7) is 3.64. The minimum Gasteiger partial charge on any atom is -0.464 e. The summed E-state index contributed by atoms with van der Waals surface area (Å²) >= 11 is 1.23. The molecular formula is C13H17NO3S2. The van der Waals surface area contributed by atoms with E-state index < -0.39 is 9.84 Å². The van der Waals surface area contributed by atoms with Crippen LogP contribution >= 0.6 is 11.3 Å². The number of furan rings is 1. The van der Waals surface area contributed by atoms with E-state index in [2.05, 4.69) is 12.2 Å². The van der Waals surface area contributed by atoms with Gasteiger partial charge in [-0.3, -0.25) is 0 Å². The van der Waals surface area contributed by atoms with Gasteiger partial charge in [-0.05, 0) is 36.5 Å². The van der Waals surface area contributed by atoms with Gasteiger partial charge in [0, 0.05) is 0 Å². The molecule has 0 spiro atoms. The van der Waals surface area contributed by atoms with Crippen LogP contribution in [0.15, 0.2) is 38.3 Å². The largest absolute Gasteiger partial charge is 0.464 e. The van der Waals surface area contributed by atoms with Crippen molar-refractivity contribution in [3.63, 3.8) is 0 Å². The van der Waals surface area contributed by atoms with Gasteiger partial charge in [0.2, 0.25) is 0 Å². The second-order valence-electron chi connectivity index (χ2n) is 4.24. The lowest BCUT2D eigenvalue weighted by atomic mass is 10.4. The molecule has 0 amide bonds. The van der Waals surface area contributed by atoms with Crippen LogP contribution in [0, 0.1) is 0 Å². The smallest absolute Gasteiger partial charge is 0.194 e. The van der Waals surface area contributed by atoms with Crippen molar-refractivity contribution in [2.75, 3.05) is 6.54 Å². The molecule has 2 rings (SSSR count). The summed E-state index contributed by atoms with van der Waals surface area (Å²) in [5.41, 5.74) is 0. The fourth-order valence-electron chi connectivity index (χ4n) is 1.68. The van der Waals surface area contributed by atoms with Crippen LogP contribution < -0.4 is 5.32 Å². The minimum atomic E-state index is -3.28. The first-order valence-corrected chi connectivity index (χ1v) is 8.69. The average Bonchev–Trinajstić information content (AvgIpc) is 3.00. The van der Waals surface area contributed by atoms with E-state index in [1.165, 1.54) is 11.3 Å². The van der Waals surface area contributed by atoms with Crippen molar-refractivity contribution in [1.29, 1.82) is 0 Å². The third-order valence-corrected chi connectivity index (χ3v) is 5.70. The first kappa shape index (κ1) is 14.3. The fraction of sp³-hybridized carbons (Fsp3) is 0.385. The van der Waals surface area contributed by atoms with Gasteiger partial charge in [0.25, 0.3) is 0 Å². The molecule has 2 aromatic heterocycles. The maximum absolute atomic E-state index is 12.1. The van der Waals surface area contributed by atoms with E-state index in [1.54, 1.807) is 23.6 Å². The zero-order valence-electron chi connectivity index (χ0n) is 10.8. The first-order valence-electron chi connectivity index (χ1n) is 6.16. The molecule has 0 saturated heterocycles. The predicted octanol–water partition coefficient (Wildman–Crippen LogP) is 2.81. The monoisotopic (exact) mass is 299 g/mol. The average molecular weight is 299 g/mol. The summed E-state index contributed by atoms with van der Waals surface area (Å²) in [4.78, 5) is 0. The van der Waals surface area contributed by atoms with E-state index in [1.807, 2.05) is 6.07 Å². The van der Waals surface area contributed by atoms with Gasteiger partial charge in [-0.15, -0.1) is 11.3 Å². The van der Waals surface area contributed by atoms with Crippen LogP contribution in [0.1, 0.15) is 24.9 Å². The molecule has 2 aromatic rings. The molecule has 0 fully saturated rings. The van der Waals surface area contributed by atoms with Gasteiger partial charge in [0.15, 0.2) is 9.84 Å². The highest BCUT2D eigenvalue weighted by Crippen LogP contribution is 2.22. The lowest BCUT2D eigenvalue weighted by Gasteiger charge is -2.00. The molecule has 0 bridgehead atoms. The number of sulfone groups is 1. The van der Waals surface area contributed by atoms with Crippen LogP contribution in [0.25, 0.3) is 0 Å². The summed E-state index contributed by atoms with van der Waals surface area (Å²) in [6.07, 6.45) is 1.06. The predicted molar refractivity (Wildman–Crippen MR) is 75.9 cm³/mol. The summed E-state index contributed by atoms with van der Waals surface area (Å²) in [5.74, 6) is 1.17. The normalized spacial score (nSPS) is 11.8. The molecule has 0 saturated carbocycles. The van der Waals surface area contributed by atoms with Crippen LogP contribution in [-0.2, 0) is 22.1 Å². The number of thiophene rings is 1. The SMILES string of the molecule is CCCNCc1ccc(CS(=O)(=O)c2cccs2)o1. The number of nitrogens with one attached hydrogen (secondary N) is 1. The lowest BCUT2D eigenvalue weighted by Crippen LogP contribution is -2.13. The van der Waals surface area contributed by atoms with E-state index in [0.717, 1.165) is 18.7 Å². The molecule has 0 aliphatic heterocycles. The molecule has 4 nitrogen and oxygen atoms in total. The Morgan fingerprint density at radius 2 is 2.05 bits per heavy atom. The maximum Gasteiger partial charge on any atom is 0.194 e. The molecule has 19 heavy (non-hydrogen) atoms. The Kier molecular flexibility index (Phi) is 4.79. The van der Waals surface area contributed by atoms with E-state index in [4.69, 9.17) is 4.42 Å². The quantitative estimate of drug-likeness (QED) is 0.799. The van der Waals surface area contributed by atoms with Crippen molar-refractivity contribution in [2.45, 2.75) is 29.9 Å². The molecule has 6 heteroatoms. The second-order valence-corrected chi connectivity index (χ2v) is 7.40. The van der Waals surface area contributed by atoms with Crippen LogP contribution in [0.4, 0.5) is 0 Å². The minimum absolute atomic E-state index is 0.0821. The van der Waals surface area contributed by atoms with Gasteiger partial charge in [-0.25, -0.2) is 8.42 Å². The van der Waals surface area contributed by atoms with Crippen molar-refractivity contribution >= 4 is 21.2 Å². The Morgan fingerprint density at radius 3 is 2.74 bits per heavy atom. The van der Waals surface area contributed by atoms with Crippen LogP contribution in [0.2, 0.25) is 0 Å². The van der Waals surface area contributed by atoms with E-state index in [-0.39, 0.29) is 5.75 Å². The van der Waals surface area contributed by atoms with Crippen LogP contribution in [0.3, 0.4) is 0 Å². The Labute approximate surface area is 117 Å². The first-order chi connectivity index (χ1) is 9.12. The molecule has 0 unspecified atom stereocenters. The third kappa shape index (κ3) is 3.92. The molecular weight excluding hydrogens is 282 g/mol. The molecule has 0 aliphatic carbocycles. The number of rotatable bonds is 7. The molecule has 0 radical (unpaired) electrons. The van der Waals surface area contributed by atoms with Gasteiger partial charge in [0.1, 0.15) is 21.5 Å². The van der Waals surface area contributed by atoms with Crippen molar-refractivity contribution in [1.82, 2.24) is 5.32 Å². The molecule has 0 aliphatic rings. The highest BCUT2D eigenvalue weighted by atomic mass is 32.2. The third-order valence-electron chi connectivity index (χ3n) is 2.58. The molecule has 0 aromatic carbocycles. The molecule has 0 atom stereocenters. The summed E-state index contributed by atoms with van der Waals surface area (Å²) < 4.78 is 30.0. The highest BCUT2D eigenvalue weighted by Gasteiger charge is 2.18. The number of hydrogen-bond acceptors (Lipinski definition) is 5. The van der Waals surface area contributed by atoms with Crippen molar-refractivity contribution in [2.24, 2.45) is 0 Å². The van der Waals surface area contributed by atoms with Crippen molar-refractivity contribution in [3.8, 4) is 0 Å². The van der Waals surface area contributed by atoms with E-state index in [0.29, 0.717) is 16.5 Å². The van der Waals surface area contributed by atoms with Gasteiger partial charge < -0.3 is 9.73 Å². The highest BCUT2D eigenvalue weighted by molar-refractivity contribution is 7.92. The Hall–Kier alpha value is -1.11. The Balaban J connectivity index is 2.00. The Bertz CT molecular complexity index is 600. The Morgan fingerprint density at radius 1 is 1.26 bits per heavy atom. The summed E-state index contributed by atoms with van der Waals surface area (Å²) in [7, 11) is -3.28. The lowest BCUT2D eigenvalue weighted by molar-refractivity contribution is 0.456. The topological polar surface area (TPSA) is 59.3 Å². The van der Waals surface area contributed by atoms with Gasteiger partial charge in [-0.1, -0.05) is 13.0 Å². The van der Waals surface area contributed by atoms with E-state index >= 15 is 0 Å². The van der Waals surface area contributed by atoms with Gasteiger partial charge >= 0.3 is 0 Å². The van der Waals surface area contributed by atoms with Crippen molar-refractivity contribution < 1.29 is 12.8 Å². The molecule has 1 N–H and O–H groups in total. The fourth-order valence-corrected chi connectivity index (χ4v) is 4.02.